The van der Waals surface area contributed by atoms with Crippen LogP contribution < -0.4 is 0 Å². The molecule has 0 aliphatic carbocycles. The van der Waals surface area contributed by atoms with Gasteiger partial charge in [-0.2, -0.15) is 15.0 Å². The zero-order valence-corrected chi connectivity index (χ0v) is 13.4. The quantitative estimate of drug-likeness (QED) is 0.741. The van der Waals surface area contributed by atoms with Crippen molar-refractivity contribution in [3.05, 3.63) is 59.1 Å². The highest BCUT2D eigenvalue weighted by molar-refractivity contribution is 6.30. The van der Waals surface area contributed by atoms with Crippen LogP contribution in [0.5, 0.6) is 0 Å². The van der Waals surface area contributed by atoms with Crippen molar-refractivity contribution < 1.29 is 4.74 Å². The Hall–Kier alpha value is -1.95. The van der Waals surface area contributed by atoms with Crippen LogP contribution >= 0.6 is 11.6 Å². The first-order valence-electron chi connectivity index (χ1n) is 7.70. The second-order valence-corrected chi connectivity index (χ2v) is 6.02. The Labute approximate surface area is 139 Å². The van der Waals surface area contributed by atoms with Gasteiger partial charge in [0.2, 0.25) is 0 Å². The molecule has 0 saturated carbocycles. The van der Waals surface area contributed by atoms with Crippen LogP contribution in [0.25, 0.3) is 11.0 Å². The van der Waals surface area contributed by atoms with Gasteiger partial charge in [0.15, 0.2) is 0 Å². The molecule has 1 saturated heterocycles. The van der Waals surface area contributed by atoms with Crippen molar-refractivity contribution in [2.24, 2.45) is 0 Å². The highest BCUT2D eigenvalue weighted by atomic mass is 35.5. The van der Waals surface area contributed by atoms with E-state index >= 15 is 0 Å². The number of rotatable bonds is 3. The molecule has 2 aromatic carbocycles. The fourth-order valence-electron chi connectivity index (χ4n) is 2.93. The molecule has 1 aromatic heterocycles. The second kappa shape index (κ2) is 6.28. The van der Waals surface area contributed by atoms with Crippen LogP contribution in [0.1, 0.15) is 11.7 Å². The minimum Gasteiger partial charge on any atom is -0.379 e. The average Bonchev–Trinajstić information content (AvgIpc) is 3.01. The molecule has 1 aliphatic heterocycles. The summed E-state index contributed by atoms with van der Waals surface area (Å²) in [5.41, 5.74) is 2.93. The number of fused-ring (bicyclic) bond motifs is 1. The van der Waals surface area contributed by atoms with Gasteiger partial charge >= 0.3 is 0 Å². The molecule has 1 fully saturated rings. The van der Waals surface area contributed by atoms with Crippen molar-refractivity contribution in [2.45, 2.75) is 6.17 Å². The van der Waals surface area contributed by atoms with E-state index in [1.165, 1.54) is 0 Å². The van der Waals surface area contributed by atoms with E-state index in [1.54, 1.807) is 4.80 Å². The molecule has 1 aliphatic rings. The monoisotopic (exact) mass is 328 g/mol. The highest BCUT2D eigenvalue weighted by Crippen LogP contribution is 2.25. The Morgan fingerprint density at radius 2 is 1.52 bits per heavy atom. The number of nitrogens with zero attached hydrogens (tertiary/aromatic N) is 4. The first-order chi connectivity index (χ1) is 11.3. The molecule has 4 rings (SSSR count). The molecule has 0 amide bonds. The Bertz CT molecular complexity index is 763. The van der Waals surface area contributed by atoms with Gasteiger partial charge in [0.25, 0.3) is 0 Å². The maximum absolute atomic E-state index is 6.04. The Kier molecular flexibility index (Phi) is 3.99. The zero-order chi connectivity index (χ0) is 15.6. The van der Waals surface area contributed by atoms with Gasteiger partial charge in [-0.05, 0) is 29.8 Å². The van der Waals surface area contributed by atoms with Gasteiger partial charge in [0, 0.05) is 18.1 Å². The second-order valence-electron chi connectivity index (χ2n) is 5.58. The number of halogens is 1. The van der Waals surface area contributed by atoms with Crippen LogP contribution in [0.2, 0.25) is 5.02 Å². The Balaban J connectivity index is 1.78. The van der Waals surface area contributed by atoms with Gasteiger partial charge in [-0.3, -0.25) is 4.90 Å². The fraction of sp³-hybridized carbons (Fsp3) is 0.294. The summed E-state index contributed by atoms with van der Waals surface area (Å²) in [6.45, 7) is 3.16. The van der Waals surface area contributed by atoms with E-state index in [0.29, 0.717) is 0 Å². The predicted molar refractivity (Wildman–Crippen MR) is 89.5 cm³/mol. The van der Waals surface area contributed by atoms with E-state index in [9.17, 15) is 0 Å². The third-order valence-corrected chi connectivity index (χ3v) is 4.33. The summed E-state index contributed by atoms with van der Waals surface area (Å²) in [5, 5.41) is 10.1. The SMILES string of the molecule is Clc1ccc(C(N2CCOCC2)n2nc3ccccc3n2)cc1. The maximum Gasteiger partial charge on any atom is 0.150 e. The molecule has 0 spiro atoms. The standard InChI is InChI=1S/C17H17ClN4O/c18-14-7-5-13(6-8-14)17(21-9-11-23-12-10-21)22-19-15-3-1-2-4-16(15)20-22/h1-8,17H,9-12H2. The molecule has 6 heteroatoms. The normalized spacial score (nSPS) is 17.4. The van der Waals surface area contributed by atoms with E-state index in [-0.39, 0.29) is 6.17 Å². The topological polar surface area (TPSA) is 43.2 Å². The molecule has 1 atom stereocenters. The van der Waals surface area contributed by atoms with E-state index in [1.807, 2.05) is 48.5 Å². The summed E-state index contributed by atoms with van der Waals surface area (Å²) in [6, 6.07) is 15.8. The van der Waals surface area contributed by atoms with Crippen LogP contribution in [0.4, 0.5) is 0 Å². The van der Waals surface area contributed by atoms with Crippen molar-refractivity contribution in [3.8, 4) is 0 Å². The van der Waals surface area contributed by atoms with E-state index in [0.717, 1.165) is 47.9 Å². The molecule has 5 nitrogen and oxygen atoms in total. The van der Waals surface area contributed by atoms with Crippen molar-refractivity contribution >= 4 is 22.6 Å². The van der Waals surface area contributed by atoms with Crippen molar-refractivity contribution in [1.29, 1.82) is 0 Å². The number of ether oxygens (including phenoxy) is 1. The van der Waals surface area contributed by atoms with Crippen LogP contribution in [0.15, 0.2) is 48.5 Å². The molecule has 0 N–H and O–H groups in total. The lowest BCUT2D eigenvalue weighted by atomic mass is 10.1. The lowest BCUT2D eigenvalue weighted by molar-refractivity contribution is 0.00326. The van der Waals surface area contributed by atoms with Crippen molar-refractivity contribution in [1.82, 2.24) is 19.9 Å². The van der Waals surface area contributed by atoms with Crippen LogP contribution in [-0.2, 0) is 4.74 Å². The van der Waals surface area contributed by atoms with Crippen molar-refractivity contribution in [3.63, 3.8) is 0 Å². The third-order valence-electron chi connectivity index (χ3n) is 4.08. The van der Waals surface area contributed by atoms with Gasteiger partial charge < -0.3 is 4.74 Å². The predicted octanol–water partition coefficient (Wildman–Crippen LogP) is 2.96. The highest BCUT2D eigenvalue weighted by Gasteiger charge is 2.26. The lowest BCUT2D eigenvalue weighted by Crippen LogP contribution is -2.42. The minimum absolute atomic E-state index is 0.0523. The van der Waals surface area contributed by atoms with Crippen LogP contribution in [0.3, 0.4) is 0 Å². The summed E-state index contributed by atoms with van der Waals surface area (Å²) in [6.07, 6.45) is -0.0523. The largest absolute Gasteiger partial charge is 0.379 e. The van der Waals surface area contributed by atoms with E-state index < -0.39 is 0 Å². The third kappa shape index (κ3) is 2.95. The first kappa shape index (κ1) is 14.6. The number of hydrogen-bond donors (Lipinski definition) is 0. The number of aromatic nitrogens is 3. The maximum atomic E-state index is 6.04. The molecule has 1 unspecified atom stereocenters. The zero-order valence-electron chi connectivity index (χ0n) is 12.6. The number of morpholine rings is 1. The summed E-state index contributed by atoms with van der Waals surface area (Å²) in [7, 11) is 0. The molecule has 118 valence electrons. The van der Waals surface area contributed by atoms with Crippen LogP contribution in [-0.4, -0.2) is 46.2 Å². The van der Waals surface area contributed by atoms with Gasteiger partial charge in [-0.15, -0.1) is 0 Å². The van der Waals surface area contributed by atoms with Gasteiger partial charge in [-0.1, -0.05) is 35.9 Å². The molecule has 23 heavy (non-hydrogen) atoms. The average molecular weight is 329 g/mol. The summed E-state index contributed by atoms with van der Waals surface area (Å²) >= 11 is 6.04. The van der Waals surface area contributed by atoms with E-state index in [2.05, 4.69) is 15.1 Å². The molecule has 3 aromatic rings. The number of benzene rings is 2. The summed E-state index contributed by atoms with van der Waals surface area (Å²) in [5.74, 6) is 0. The van der Waals surface area contributed by atoms with Gasteiger partial charge in [0.05, 0.1) is 13.2 Å². The van der Waals surface area contributed by atoms with Gasteiger partial charge in [0.1, 0.15) is 17.2 Å². The van der Waals surface area contributed by atoms with Crippen molar-refractivity contribution in [2.75, 3.05) is 26.3 Å². The summed E-state index contributed by atoms with van der Waals surface area (Å²) in [4.78, 5) is 4.14. The van der Waals surface area contributed by atoms with Gasteiger partial charge in [-0.25, -0.2) is 0 Å². The molecule has 0 radical (unpaired) electrons. The molecule has 2 heterocycles. The fourth-order valence-corrected chi connectivity index (χ4v) is 3.06. The Morgan fingerprint density at radius 3 is 2.13 bits per heavy atom. The Morgan fingerprint density at radius 1 is 0.913 bits per heavy atom. The first-order valence-corrected chi connectivity index (χ1v) is 8.08. The molecule has 0 bridgehead atoms. The van der Waals surface area contributed by atoms with E-state index in [4.69, 9.17) is 16.3 Å². The smallest absolute Gasteiger partial charge is 0.150 e. The van der Waals surface area contributed by atoms with Crippen LogP contribution in [0, 0.1) is 0 Å². The lowest BCUT2D eigenvalue weighted by Gasteiger charge is -2.33. The molecular weight excluding hydrogens is 312 g/mol. The summed E-state index contributed by atoms with van der Waals surface area (Å²) < 4.78 is 5.49. The number of hydrogen-bond acceptors (Lipinski definition) is 4. The minimum atomic E-state index is -0.0523. The molecular formula is C17H17ClN4O.